The highest BCUT2D eigenvalue weighted by Gasteiger charge is 2.48. The third-order valence-electron chi connectivity index (χ3n) is 8.58. The molecule has 204 valence electrons. The van der Waals surface area contributed by atoms with Crippen molar-refractivity contribution in [2.45, 2.75) is 39.5 Å². The van der Waals surface area contributed by atoms with Crippen LogP contribution in [0.15, 0.2) is 94.3 Å². The van der Waals surface area contributed by atoms with E-state index in [0.29, 0.717) is 5.71 Å². The number of allylic oxidation sites excluding steroid dienone is 7. The number of para-hydroxylation sites is 1. The summed E-state index contributed by atoms with van der Waals surface area (Å²) >= 11 is 0. The predicted molar refractivity (Wildman–Crippen MR) is 154 cm³/mol. The minimum Gasteiger partial charge on any atom is -0.872 e. The molecular formula is C33H40N4O2. The Morgan fingerprint density at radius 1 is 0.949 bits per heavy atom. The van der Waals surface area contributed by atoms with E-state index in [-0.39, 0.29) is 28.1 Å². The number of likely N-dealkylation sites (N-methyl/N-ethyl adjacent to an activating group) is 1. The van der Waals surface area contributed by atoms with Crippen molar-refractivity contribution in [2.75, 3.05) is 46.2 Å². The number of nitrogens with one attached hydrogen (secondary N) is 1. The lowest BCUT2D eigenvalue weighted by molar-refractivity contribution is -0.871. The van der Waals surface area contributed by atoms with Crippen LogP contribution in [0.1, 0.15) is 39.7 Å². The summed E-state index contributed by atoms with van der Waals surface area (Å²) in [6.07, 6.45) is 10.3. The molecule has 0 atom stereocenters. The minimum absolute atomic E-state index is 0.195. The van der Waals surface area contributed by atoms with Gasteiger partial charge in [0.25, 0.3) is 0 Å². The molecule has 4 aliphatic rings. The minimum atomic E-state index is -0.430. The van der Waals surface area contributed by atoms with Gasteiger partial charge in [-0.3, -0.25) is 0 Å². The molecule has 5 rings (SSSR count). The quantitative estimate of drug-likeness (QED) is 0.351. The maximum absolute atomic E-state index is 13.5. The summed E-state index contributed by atoms with van der Waals surface area (Å²) in [5.74, 6) is -0.390. The van der Waals surface area contributed by atoms with Gasteiger partial charge in [0.2, 0.25) is 5.71 Å². The van der Waals surface area contributed by atoms with E-state index in [4.69, 9.17) is 5.41 Å². The molecule has 2 aliphatic carbocycles. The summed E-state index contributed by atoms with van der Waals surface area (Å²) in [4.78, 5) is 2.09. The number of rotatable bonds is 6. The summed E-state index contributed by atoms with van der Waals surface area (Å²) in [5, 5.41) is 35.2. The molecular weight excluding hydrogens is 484 g/mol. The van der Waals surface area contributed by atoms with Crippen molar-refractivity contribution in [1.82, 2.24) is 0 Å². The molecule has 6 heteroatoms. The second-order valence-corrected chi connectivity index (χ2v) is 13.1. The lowest BCUT2D eigenvalue weighted by Gasteiger charge is -2.38. The van der Waals surface area contributed by atoms with Gasteiger partial charge in [0.05, 0.1) is 45.2 Å². The Labute approximate surface area is 232 Å². The molecule has 0 radical (unpaired) electrons. The summed E-state index contributed by atoms with van der Waals surface area (Å²) in [6.45, 7) is 10.3. The fourth-order valence-electron chi connectivity index (χ4n) is 6.31. The van der Waals surface area contributed by atoms with E-state index in [1.54, 1.807) is 6.08 Å². The van der Waals surface area contributed by atoms with Crippen molar-refractivity contribution in [3.05, 3.63) is 99.8 Å². The molecule has 1 aromatic carbocycles. The van der Waals surface area contributed by atoms with Gasteiger partial charge in [0, 0.05) is 41.6 Å². The molecule has 2 heterocycles. The van der Waals surface area contributed by atoms with Crippen molar-refractivity contribution in [3.8, 4) is 0 Å². The van der Waals surface area contributed by atoms with Crippen LogP contribution in [-0.4, -0.2) is 61.8 Å². The van der Waals surface area contributed by atoms with Crippen LogP contribution in [0.4, 0.5) is 5.69 Å². The number of anilines is 1. The van der Waals surface area contributed by atoms with E-state index in [2.05, 4.69) is 70.4 Å². The third kappa shape index (κ3) is 4.31. The highest BCUT2D eigenvalue weighted by atomic mass is 16.3. The SMILES string of the molecule is CN1C(=CC2=C([O-])C(/C=C3\[N+](CCC[N+](C)(C)C)=C4C=CC(=N)C=C4C3(C)C)=C2[O-])C(C)(C)c2ccccc21. The normalized spacial score (nSPS) is 23.6. The Kier molecular flexibility index (Phi) is 6.18. The molecule has 0 fully saturated rings. The van der Waals surface area contributed by atoms with E-state index >= 15 is 0 Å². The molecule has 0 bridgehead atoms. The zero-order valence-corrected chi connectivity index (χ0v) is 24.5. The number of hydrogen-bond donors (Lipinski definition) is 1. The van der Waals surface area contributed by atoms with E-state index in [9.17, 15) is 10.2 Å². The zero-order chi connectivity index (χ0) is 28.5. The molecule has 6 nitrogen and oxygen atoms in total. The number of nitrogens with zero attached hydrogens (tertiary/aromatic N) is 3. The molecule has 0 unspecified atom stereocenters. The van der Waals surface area contributed by atoms with Crippen molar-refractivity contribution < 1.29 is 19.3 Å². The van der Waals surface area contributed by atoms with Gasteiger partial charge in [-0.25, -0.2) is 0 Å². The summed E-state index contributed by atoms with van der Waals surface area (Å²) in [5.41, 5.74) is 6.52. The van der Waals surface area contributed by atoms with Gasteiger partial charge < -0.3 is 25.0 Å². The average Bonchev–Trinajstić information content (AvgIpc) is 3.18. The van der Waals surface area contributed by atoms with E-state index in [1.165, 1.54) is 5.56 Å². The molecule has 0 aromatic heterocycles. The summed E-state index contributed by atoms with van der Waals surface area (Å²) in [6, 6.07) is 8.22. The fraction of sp³-hybridized carbons (Fsp3) is 0.394. The Bertz CT molecular complexity index is 1500. The Hall–Kier alpha value is -3.64. The van der Waals surface area contributed by atoms with E-state index < -0.39 is 5.41 Å². The van der Waals surface area contributed by atoms with Gasteiger partial charge in [-0.1, -0.05) is 43.6 Å². The molecule has 1 aromatic rings. The van der Waals surface area contributed by atoms with Crippen molar-refractivity contribution in [2.24, 2.45) is 5.41 Å². The highest BCUT2D eigenvalue weighted by Crippen LogP contribution is 2.49. The van der Waals surface area contributed by atoms with Gasteiger partial charge in [0.15, 0.2) is 12.2 Å². The van der Waals surface area contributed by atoms with Crippen LogP contribution in [0.3, 0.4) is 0 Å². The number of quaternary nitrogens is 1. The van der Waals surface area contributed by atoms with Crippen LogP contribution >= 0.6 is 0 Å². The first-order chi connectivity index (χ1) is 18.1. The Balaban J connectivity index is 1.52. The Morgan fingerprint density at radius 2 is 1.59 bits per heavy atom. The standard InChI is InChI=1S/C33H40N4O2/c1-32(2)24-12-9-10-13-26(24)35(5)28(32)19-22-30(38)23(31(22)39)20-29-33(3,4)25-18-21(34)14-15-27(25)36(29)16-11-17-37(6,7)8/h9-10,12-15,18-20H,11,16-17H2,1-8H3,(H-2,34,38,39). The predicted octanol–water partition coefficient (Wildman–Crippen LogP) is 3.53. The summed E-state index contributed by atoms with van der Waals surface area (Å²) in [7, 11) is 8.53. The number of benzene rings is 1. The third-order valence-corrected chi connectivity index (χ3v) is 8.58. The first-order valence-corrected chi connectivity index (χ1v) is 13.7. The topological polar surface area (TPSA) is 76.2 Å². The van der Waals surface area contributed by atoms with E-state index in [1.807, 2.05) is 43.5 Å². The van der Waals surface area contributed by atoms with E-state index in [0.717, 1.165) is 52.4 Å². The first kappa shape index (κ1) is 26.9. The molecule has 1 N–H and O–H groups in total. The smallest absolute Gasteiger partial charge is 0.209 e. The van der Waals surface area contributed by atoms with Crippen LogP contribution < -0.4 is 15.1 Å². The van der Waals surface area contributed by atoms with Crippen LogP contribution in [0.2, 0.25) is 0 Å². The average molecular weight is 525 g/mol. The van der Waals surface area contributed by atoms with Crippen molar-refractivity contribution in [1.29, 1.82) is 5.41 Å². The molecule has 39 heavy (non-hydrogen) atoms. The Morgan fingerprint density at radius 3 is 2.23 bits per heavy atom. The molecule has 0 saturated heterocycles. The van der Waals surface area contributed by atoms with Gasteiger partial charge in [-0.15, -0.1) is 0 Å². The number of fused-ring (bicyclic) bond motifs is 2. The lowest BCUT2D eigenvalue weighted by atomic mass is 9.78. The van der Waals surface area contributed by atoms with Gasteiger partial charge in [0.1, 0.15) is 0 Å². The largest absolute Gasteiger partial charge is 0.872 e. The summed E-state index contributed by atoms with van der Waals surface area (Å²) < 4.78 is 3.11. The maximum Gasteiger partial charge on any atom is 0.209 e. The van der Waals surface area contributed by atoms with Gasteiger partial charge >= 0.3 is 0 Å². The van der Waals surface area contributed by atoms with Gasteiger partial charge in [-0.2, -0.15) is 4.58 Å². The van der Waals surface area contributed by atoms with Crippen molar-refractivity contribution in [3.63, 3.8) is 0 Å². The lowest BCUT2D eigenvalue weighted by Crippen LogP contribution is -2.36. The molecule has 0 amide bonds. The molecule has 2 aliphatic heterocycles. The monoisotopic (exact) mass is 524 g/mol. The van der Waals surface area contributed by atoms with Crippen LogP contribution in [0.5, 0.6) is 0 Å². The van der Waals surface area contributed by atoms with Crippen LogP contribution in [-0.2, 0) is 5.41 Å². The zero-order valence-electron chi connectivity index (χ0n) is 24.5. The first-order valence-electron chi connectivity index (χ1n) is 13.7. The maximum atomic E-state index is 13.5. The van der Waals surface area contributed by atoms with Crippen molar-refractivity contribution >= 4 is 17.1 Å². The second-order valence-electron chi connectivity index (χ2n) is 13.1. The van der Waals surface area contributed by atoms with Crippen LogP contribution in [0, 0.1) is 10.8 Å². The molecule has 0 spiro atoms. The highest BCUT2D eigenvalue weighted by molar-refractivity contribution is 6.20. The molecule has 0 saturated carbocycles. The van der Waals surface area contributed by atoms with Crippen LogP contribution in [0.25, 0.3) is 0 Å². The van der Waals surface area contributed by atoms with Gasteiger partial charge in [-0.05, 0) is 54.9 Å². The fourth-order valence-corrected chi connectivity index (χ4v) is 6.31. The second kappa shape index (κ2) is 8.95. The number of hydrogen-bond acceptors (Lipinski definition) is 4.